The molecule has 1 aliphatic rings. The lowest BCUT2D eigenvalue weighted by Gasteiger charge is -2.36. The van der Waals surface area contributed by atoms with Crippen molar-refractivity contribution in [3.05, 3.63) is 131 Å². The molecule has 4 aromatic carbocycles. The van der Waals surface area contributed by atoms with Gasteiger partial charge in [-0.15, -0.1) is 0 Å². The summed E-state index contributed by atoms with van der Waals surface area (Å²) in [5.74, 6) is -1.59. The van der Waals surface area contributed by atoms with E-state index < -0.39 is 34.5 Å². The molecule has 0 saturated heterocycles. The van der Waals surface area contributed by atoms with Gasteiger partial charge in [-0.1, -0.05) is 84.9 Å². The van der Waals surface area contributed by atoms with Gasteiger partial charge in [-0.2, -0.15) is 4.31 Å². The summed E-state index contributed by atoms with van der Waals surface area (Å²) in [5, 5.41) is 2.65. The predicted octanol–water partition coefficient (Wildman–Crippen LogP) is 4.78. The molecular weight excluding hydrogens is 540 g/mol. The van der Waals surface area contributed by atoms with Gasteiger partial charge in [0.15, 0.2) is 12.4 Å². The van der Waals surface area contributed by atoms with Gasteiger partial charge in [-0.25, -0.2) is 8.42 Å². The second-order valence-electron chi connectivity index (χ2n) is 9.55. The van der Waals surface area contributed by atoms with Gasteiger partial charge in [0, 0.05) is 17.7 Å². The van der Waals surface area contributed by atoms with E-state index in [-0.39, 0.29) is 23.6 Å². The number of benzene rings is 4. The first-order chi connectivity index (χ1) is 19.8. The van der Waals surface area contributed by atoms with Gasteiger partial charge in [0.2, 0.25) is 10.0 Å². The minimum absolute atomic E-state index is 0.140. The molecule has 0 aliphatic carbocycles. The van der Waals surface area contributed by atoms with Crippen LogP contribution >= 0.6 is 0 Å². The molecule has 1 heterocycles. The van der Waals surface area contributed by atoms with Crippen LogP contribution in [0.5, 0.6) is 0 Å². The molecule has 1 N–H and O–H groups in total. The summed E-state index contributed by atoms with van der Waals surface area (Å²) in [5.41, 5.74) is 2.77. The molecule has 0 fully saturated rings. The number of rotatable bonds is 9. The number of hydrogen-bond donors (Lipinski definition) is 1. The molecule has 0 aromatic heterocycles. The summed E-state index contributed by atoms with van der Waals surface area (Å²) in [6, 6.07) is 30.0. The van der Waals surface area contributed by atoms with Crippen LogP contribution in [-0.2, 0) is 30.8 Å². The third-order valence-corrected chi connectivity index (χ3v) is 8.84. The quantitative estimate of drug-likeness (QED) is 0.230. The third-order valence-electron chi connectivity index (χ3n) is 6.92. The number of nitrogens with one attached hydrogen (secondary N) is 1. The van der Waals surface area contributed by atoms with Crippen LogP contribution in [0.25, 0.3) is 0 Å². The number of fused-ring (bicyclic) bond motifs is 1. The smallest absolute Gasteiger partial charge is 0.308 e. The summed E-state index contributed by atoms with van der Waals surface area (Å²) in [6.07, 6.45) is 0.247. The van der Waals surface area contributed by atoms with E-state index in [4.69, 9.17) is 4.74 Å². The molecule has 4 aromatic rings. The number of sulfonamides is 1. The molecule has 0 saturated carbocycles. The molecule has 9 heteroatoms. The number of para-hydroxylation sites is 1. The van der Waals surface area contributed by atoms with Crippen LogP contribution in [0.1, 0.15) is 39.5 Å². The number of carbonyl (C=O) groups excluding carboxylic acids is 3. The monoisotopic (exact) mass is 568 g/mol. The molecule has 1 atom stereocenters. The van der Waals surface area contributed by atoms with Gasteiger partial charge in [0.25, 0.3) is 5.91 Å². The fourth-order valence-electron chi connectivity index (χ4n) is 4.94. The van der Waals surface area contributed by atoms with Gasteiger partial charge in [0.05, 0.1) is 23.0 Å². The maximum atomic E-state index is 13.5. The molecule has 1 amide bonds. The zero-order valence-electron chi connectivity index (χ0n) is 22.1. The van der Waals surface area contributed by atoms with Crippen molar-refractivity contribution in [3.8, 4) is 0 Å². The maximum absolute atomic E-state index is 13.5. The van der Waals surface area contributed by atoms with Crippen LogP contribution in [0, 0.1) is 0 Å². The lowest BCUT2D eigenvalue weighted by Crippen LogP contribution is -2.41. The predicted molar refractivity (Wildman–Crippen MR) is 154 cm³/mol. The summed E-state index contributed by atoms with van der Waals surface area (Å²) in [6.45, 7) is -0.384. The molecule has 0 radical (unpaired) electrons. The van der Waals surface area contributed by atoms with E-state index >= 15 is 0 Å². The zero-order valence-corrected chi connectivity index (χ0v) is 22.9. The lowest BCUT2D eigenvalue weighted by molar-refractivity contribution is -0.148. The van der Waals surface area contributed by atoms with Crippen molar-refractivity contribution in [1.82, 2.24) is 4.31 Å². The highest BCUT2D eigenvalue weighted by atomic mass is 32.2. The molecule has 1 aliphatic heterocycles. The fraction of sp³-hybridized carbons (Fsp3) is 0.156. The van der Waals surface area contributed by atoms with Crippen molar-refractivity contribution in [2.24, 2.45) is 0 Å². The number of carbonyl (C=O) groups is 3. The van der Waals surface area contributed by atoms with Crippen molar-refractivity contribution in [2.45, 2.75) is 23.8 Å². The largest absolute Gasteiger partial charge is 0.456 e. The van der Waals surface area contributed by atoms with Crippen LogP contribution in [0.3, 0.4) is 0 Å². The number of ether oxygens (including phenoxy) is 1. The van der Waals surface area contributed by atoms with E-state index in [0.717, 1.165) is 11.1 Å². The Hall–Kier alpha value is -4.60. The highest BCUT2D eigenvalue weighted by Crippen LogP contribution is 2.36. The Labute approximate surface area is 238 Å². The Morgan fingerprint density at radius 1 is 0.805 bits per heavy atom. The van der Waals surface area contributed by atoms with Crippen molar-refractivity contribution in [1.29, 1.82) is 0 Å². The van der Waals surface area contributed by atoms with Crippen molar-refractivity contribution < 1.29 is 27.5 Å². The Bertz CT molecular complexity index is 1670. The first-order valence-electron chi connectivity index (χ1n) is 13.1. The standard InChI is InChI=1S/C32H28N2O6S/c35-30(33-28-18-10-9-17-27(28)32(37)24-12-3-1-4-13-24)22-40-31(36)21-29-26-16-8-7-11-23(26)19-20-34(29)41(38,39)25-14-5-2-6-15-25/h1-18,29H,19-22H2,(H,33,35)/t29-/m0/s1. The number of esters is 1. The lowest BCUT2D eigenvalue weighted by atomic mass is 9.92. The van der Waals surface area contributed by atoms with Crippen LogP contribution in [0.2, 0.25) is 0 Å². The minimum atomic E-state index is -3.89. The Morgan fingerprint density at radius 2 is 1.44 bits per heavy atom. The normalized spacial score (nSPS) is 15.0. The van der Waals surface area contributed by atoms with E-state index in [1.165, 1.54) is 16.4 Å². The first kappa shape index (κ1) is 27.9. The zero-order chi connectivity index (χ0) is 28.8. The average Bonchev–Trinajstić information content (AvgIpc) is 3.01. The van der Waals surface area contributed by atoms with Gasteiger partial charge >= 0.3 is 5.97 Å². The summed E-state index contributed by atoms with van der Waals surface area (Å²) >= 11 is 0. The van der Waals surface area contributed by atoms with E-state index in [2.05, 4.69) is 5.32 Å². The second kappa shape index (κ2) is 12.3. The number of ketones is 1. The highest BCUT2D eigenvalue weighted by molar-refractivity contribution is 7.89. The van der Waals surface area contributed by atoms with Gasteiger partial charge in [-0.05, 0) is 41.8 Å². The summed E-state index contributed by atoms with van der Waals surface area (Å²) in [4.78, 5) is 38.8. The highest BCUT2D eigenvalue weighted by Gasteiger charge is 2.37. The topological polar surface area (TPSA) is 110 Å². The maximum Gasteiger partial charge on any atom is 0.308 e. The summed E-state index contributed by atoms with van der Waals surface area (Å²) < 4.78 is 33.7. The van der Waals surface area contributed by atoms with Gasteiger partial charge < -0.3 is 10.1 Å². The number of amides is 1. The van der Waals surface area contributed by atoms with Gasteiger partial charge in [0.1, 0.15) is 0 Å². The first-order valence-corrected chi connectivity index (χ1v) is 14.6. The van der Waals surface area contributed by atoms with E-state index in [1.54, 1.807) is 78.9 Å². The molecule has 41 heavy (non-hydrogen) atoms. The van der Waals surface area contributed by atoms with Crippen molar-refractivity contribution >= 4 is 33.4 Å². The van der Waals surface area contributed by atoms with Crippen LogP contribution in [0.4, 0.5) is 5.69 Å². The van der Waals surface area contributed by atoms with Gasteiger partial charge in [-0.3, -0.25) is 14.4 Å². The van der Waals surface area contributed by atoms with Crippen molar-refractivity contribution in [3.63, 3.8) is 0 Å². The van der Waals surface area contributed by atoms with Crippen LogP contribution in [-0.4, -0.2) is 43.5 Å². The molecule has 0 unspecified atom stereocenters. The minimum Gasteiger partial charge on any atom is -0.456 e. The Balaban J connectivity index is 1.28. The number of anilines is 1. The molecular formula is C32H28N2O6S. The second-order valence-corrected chi connectivity index (χ2v) is 11.4. The number of nitrogens with zero attached hydrogens (tertiary/aromatic N) is 1. The van der Waals surface area contributed by atoms with Crippen LogP contribution in [0.15, 0.2) is 114 Å². The SMILES string of the molecule is O=C(COC(=O)C[C@H]1c2ccccc2CCN1S(=O)(=O)c1ccccc1)Nc1ccccc1C(=O)c1ccccc1. The molecule has 0 spiro atoms. The molecule has 5 rings (SSSR count). The van der Waals surface area contributed by atoms with Crippen LogP contribution < -0.4 is 5.32 Å². The molecule has 8 nitrogen and oxygen atoms in total. The number of hydrogen-bond acceptors (Lipinski definition) is 6. The molecule has 208 valence electrons. The summed E-state index contributed by atoms with van der Waals surface area (Å²) in [7, 11) is -3.89. The Morgan fingerprint density at radius 3 is 2.20 bits per heavy atom. The fourth-order valence-corrected chi connectivity index (χ4v) is 6.57. The van der Waals surface area contributed by atoms with E-state index in [0.29, 0.717) is 23.2 Å². The van der Waals surface area contributed by atoms with E-state index in [9.17, 15) is 22.8 Å². The van der Waals surface area contributed by atoms with Crippen molar-refractivity contribution in [2.75, 3.05) is 18.5 Å². The molecule has 0 bridgehead atoms. The average molecular weight is 569 g/mol. The third kappa shape index (κ3) is 6.26. The van der Waals surface area contributed by atoms with E-state index in [1.807, 2.05) is 18.2 Å². The Kier molecular flexibility index (Phi) is 8.37.